The van der Waals surface area contributed by atoms with Crippen LogP contribution >= 0.6 is 0 Å². The number of carbonyl (C=O) groups is 1. The van der Waals surface area contributed by atoms with Crippen molar-refractivity contribution in [3.05, 3.63) is 53.5 Å². The number of hydrogen-bond acceptors (Lipinski definition) is 5. The van der Waals surface area contributed by atoms with E-state index in [9.17, 15) is 13.6 Å². The summed E-state index contributed by atoms with van der Waals surface area (Å²) in [7, 11) is 0. The lowest BCUT2D eigenvalue weighted by Crippen LogP contribution is -2.44. The smallest absolute Gasteiger partial charge is 0.268 e. The molecule has 0 unspecified atom stereocenters. The number of hydrogen-bond donors (Lipinski definition) is 1. The van der Waals surface area contributed by atoms with Crippen molar-refractivity contribution >= 4 is 11.7 Å². The highest BCUT2D eigenvalue weighted by Crippen LogP contribution is 2.40. The van der Waals surface area contributed by atoms with E-state index < -0.39 is 17.5 Å². The maximum atomic E-state index is 13.5. The molecular weight excluding hydrogens is 364 g/mol. The Labute approximate surface area is 162 Å². The minimum Gasteiger partial charge on any atom is -0.364 e. The van der Waals surface area contributed by atoms with E-state index in [1.807, 2.05) is 0 Å². The summed E-state index contributed by atoms with van der Waals surface area (Å²) in [4.78, 5) is 24.3. The quantitative estimate of drug-likeness (QED) is 0.872. The Balaban J connectivity index is 1.44. The number of carbonyl (C=O) groups excluding carboxylic acids is 1. The number of piperidine rings is 1. The summed E-state index contributed by atoms with van der Waals surface area (Å²) < 4.78 is 26.7. The molecule has 148 valence electrons. The number of primary amides is 1. The van der Waals surface area contributed by atoms with Crippen molar-refractivity contribution in [2.75, 3.05) is 31.1 Å². The van der Waals surface area contributed by atoms with E-state index in [4.69, 9.17) is 5.73 Å². The molecule has 2 aliphatic rings. The van der Waals surface area contributed by atoms with Crippen molar-refractivity contribution in [3.63, 3.8) is 0 Å². The molecule has 4 rings (SSSR count). The van der Waals surface area contributed by atoms with Crippen LogP contribution < -0.4 is 10.6 Å². The summed E-state index contributed by atoms with van der Waals surface area (Å²) in [5, 5.41) is 0. The molecule has 28 heavy (non-hydrogen) atoms. The second kappa shape index (κ2) is 7.43. The standard InChI is InChI=1S/C20H23F2N5O/c21-15-3-2-14(8-16(15)22)11-26-6-1-4-20(12-26)5-7-27(13-20)18-10-24-9-17(25-18)19(23)28/h2-3,8-10H,1,4-7,11-13H2,(H2,23,28)/t20-/m1/s1. The predicted molar refractivity (Wildman–Crippen MR) is 101 cm³/mol. The molecule has 0 radical (unpaired) electrons. The Morgan fingerprint density at radius 3 is 2.79 bits per heavy atom. The van der Waals surface area contributed by atoms with Gasteiger partial charge in [-0.25, -0.2) is 13.8 Å². The van der Waals surface area contributed by atoms with Gasteiger partial charge in [0.1, 0.15) is 11.5 Å². The van der Waals surface area contributed by atoms with Crippen LogP contribution in [0.3, 0.4) is 0 Å². The largest absolute Gasteiger partial charge is 0.364 e. The highest BCUT2D eigenvalue weighted by Gasteiger charge is 2.41. The van der Waals surface area contributed by atoms with E-state index in [1.54, 1.807) is 12.3 Å². The van der Waals surface area contributed by atoms with E-state index in [0.29, 0.717) is 12.4 Å². The first kappa shape index (κ1) is 18.7. The van der Waals surface area contributed by atoms with E-state index >= 15 is 0 Å². The van der Waals surface area contributed by atoms with Crippen LogP contribution in [0.2, 0.25) is 0 Å². The average Bonchev–Trinajstić information content (AvgIpc) is 3.08. The third kappa shape index (κ3) is 3.82. The van der Waals surface area contributed by atoms with Crippen LogP contribution in [0.25, 0.3) is 0 Å². The van der Waals surface area contributed by atoms with Crippen molar-refractivity contribution in [1.82, 2.24) is 14.9 Å². The number of nitrogens with zero attached hydrogens (tertiary/aromatic N) is 4. The summed E-state index contributed by atoms with van der Waals surface area (Å²) in [5.74, 6) is -1.53. The number of benzene rings is 1. The van der Waals surface area contributed by atoms with Crippen LogP contribution in [0.15, 0.2) is 30.6 Å². The van der Waals surface area contributed by atoms with Gasteiger partial charge >= 0.3 is 0 Å². The average molecular weight is 387 g/mol. The molecule has 1 aromatic heterocycles. The number of rotatable bonds is 4. The molecular formula is C20H23F2N5O. The molecule has 3 heterocycles. The van der Waals surface area contributed by atoms with Gasteiger partial charge in [-0.2, -0.15) is 0 Å². The summed E-state index contributed by atoms with van der Waals surface area (Å²) in [6.45, 7) is 4.12. The molecule has 2 aromatic rings. The van der Waals surface area contributed by atoms with Gasteiger partial charge in [0.2, 0.25) is 0 Å². The summed E-state index contributed by atoms with van der Waals surface area (Å²) >= 11 is 0. The van der Waals surface area contributed by atoms with Gasteiger partial charge in [0, 0.05) is 31.6 Å². The maximum absolute atomic E-state index is 13.5. The van der Waals surface area contributed by atoms with E-state index in [2.05, 4.69) is 19.8 Å². The fraction of sp³-hybridized carbons (Fsp3) is 0.450. The van der Waals surface area contributed by atoms with Crippen LogP contribution in [0.4, 0.5) is 14.6 Å². The number of likely N-dealkylation sites (tertiary alicyclic amines) is 1. The topological polar surface area (TPSA) is 75.4 Å². The monoisotopic (exact) mass is 387 g/mol. The number of nitrogens with two attached hydrogens (primary N) is 1. The molecule has 1 spiro atoms. The molecule has 1 atom stereocenters. The third-order valence-corrected chi connectivity index (χ3v) is 5.77. The van der Waals surface area contributed by atoms with Crippen LogP contribution in [0, 0.1) is 17.0 Å². The molecule has 0 aliphatic carbocycles. The summed E-state index contributed by atoms with van der Waals surface area (Å²) in [5.41, 5.74) is 6.39. The highest BCUT2D eigenvalue weighted by atomic mass is 19.2. The molecule has 2 saturated heterocycles. The molecule has 0 bridgehead atoms. The first-order valence-electron chi connectivity index (χ1n) is 9.47. The van der Waals surface area contributed by atoms with Crippen LogP contribution in [-0.4, -0.2) is 47.0 Å². The van der Waals surface area contributed by atoms with E-state index in [0.717, 1.165) is 51.0 Å². The summed E-state index contributed by atoms with van der Waals surface area (Å²) in [6.07, 6.45) is 6.23. The SMILES string of the molecule is NC(=O)c1cncc(N2CC[C@@]3(CCCN(Cc4ccc(F)c(F)c4)C3)C2)n1. The van der Waals surface area contributed by atoms with Crippen molar-refractivity contribution in [2.24, 2.45) is 11.1 Å². The maximum Gasteiger partial charge on any atom is 0.268 e. The molecule has 1 amide bonds. The van der Waals surface area contributed by atoms with Gasteiger partial charge in [-0.3, -0.25) is 14.7 Å². The molecule has 2 fully saturated rings. The third-order valence-electron chi connectivity index (χ3n) is 5.77. The lowest BCUT2D eigenvalue weighted by molar-refractivity contribution is 0.0990. The van der Waals surface area contributed by atoms with Crippen molar-refractivity contribution in [2.45, 2.75) is 25.8 Å². The Kier molecular flexibility index (Phi) is 4.97. The zero-order valence-corrected chi connectivity index (χ0v) is 15.6. The van der Waals surface area contributed by atoms with Gasteiger partial charge in [0.15, 0.2) is 11.6 Å². The lowest BCUT2D eigenvalue weighted by atomic mass is 9.79. The van der Waals surface area contributed by atoms with Crippen molar-refractivity contribution in [3.8, 4) is 0 Å². The Bertz CT molecular complexity index is 893. The Morgan fingerprint density at radius 2 is 2.00 bits per heavy atom. The van der Waals surface area contributed by atoms with Gasteiger partial charge < -0.3 is 10.6 Å². The van der Waals surface area contributed by atoms with Gasteiger partial charge in [-0.1, -0.05) is 6.07 Å². The second-order valence-corrected chi connectivity index (χ2v) is 7.86. The van der Waals surface area contributed by atoms with Crippen molar-refractivity contribution < 1.29 is 13.6 Å². The predicted octanol–water partition coefficient (Wildman–Crippen LogP) is 2.35. The van der Waals surface area contributed by atoms with E-state index in [1.165, 1.54) is 18.3 Å². The normalized spacial score (nSPS) is 22.7. The van der Waals surface area contributed by atoms with Crippen LogP contribution in [-0.2, 0) is 6.54 Å². The van der Waals surface area contributed by atoms with Gasteiger partial charge in [0.25, 0.3) is 5.91 Å². The first-order valence-corrected chi connectivity index (χ1v) is 9.47. The van der Waals surface area contributed by atoms with Crippen LogP contribution in [0.1, 0.15) is 35.3 Å². The van der Waals surface area contributed by atoms with Gasteiger partial charge in [-0.15, -0.1) is 0 Å². The molecule has 8 heteroatoms. The Hall–Kier alpha value is -2.61. The fourth-order valence-corrected chi connectivity index (χ4v) is 4.43. The minimum absolute atomic E-state index is 0.126. The molecule has 2 N–H and O–H groups in total. The highest BCUT2D eigenvalue weighted by molar-refractivity contribution is 5.90. The van der Waals surface area contributed by atoms with Crippen LogP contribution in [0.5, 0.6) is 0 Å². The first-order chi connectivity index (χ1) is 13.4. The van der Waals surface area contributed by atoms with Gasteiger partial charge in [0.05, 0.1) is 12.4 Å². The molecule has 1 aromatic carbocycles. The fourth-order valence-electron chi connectivity index (χ4n) is 4.43. The number of aromatic nitrogens is 2. The number of amides is 1. The molecule has 6 nitrogen and oxygen atoms in total. The van der Waals surface area contributed by atoms with Crippen molar-refractivity contribution in [1.29, 1.82) is 0 Å². The van der Waals surface area contributed by atoms with E-state index in [-0.39, 0.29) is 11.1 Å². The van der Waals surface area contributed by atoms with Gasteiger partial charge in [-0.05, 0) is 43.5 Å². The second-order valence-electron chi connectivity index (χ2n) is 7.86. The lowest BCUT2D eigenvalue weighted by Gasteiger charge is -2.40. The number of anilines is 1. The number of halogens is 2. The minimum atomic E-state index is -0.815. The zero-order chi connectivity index (χ0) is 19.7. The molecule has 0 saturated carbocycles. The summed E-state index contributed by atoms with van der Waals surface area (Å²) in [6, 6.07) is 4.11. The Morgan fingerprint density at radius 1 is 1.14 bits per heavy atom. The molecule has 2 aliphatic heterocycles. The zero-order valence-electron chi connectivity index (χ0n) is 15.6.